The van der Waals surface area contributed by atoms with Gasteiger partial charge >= 0.3 is 0 Å². The summed E-state index contributed by atoms with van der Waals surface area (Å²) in [5.74, 6) is 2.82. The highest BCUT2D eigenvalue weighted by Gasteiger charge is 2.26. The van der Waals surface area contributed by atoms with E-state index in [9.17, 15) is 0 Å². The van der Waals surface area contributed by atoms with Crippen LogP contribution >= 0.6 is 0 Å². The van der Waals surface area contributed by atoms with Crippen LogP contribution in [0.2, 0.25) is 0 Å². The summed E-state index contributed by atoms with van der Waals surface area (Å²) >= 11 is 0. The molecule has 3 unspecified atom stereocenters. The molecule has 0 nitrogen and oxygen atoms in total. The normalized spacial score (nSPS) is 29.6. The average molecular weight is 234 g/mol. The molecule has 0 radical (unpaired) electrons. The molecule has 1 aliphatic carbocycles. The van der Waals surface area contributed by atoms with Crippen LogP contribution in [-0.2, 0) is 0 Å². The largest absolute Gasteiger partial charge is 0.103 e. The Balaban J connectivity index is 2.26. The Hall–Kier alpha value is -0.520. The maximum atomic E-state index is 3.88. The molecule has 0 spiro atoms. The minimum atomic E-state index is 0.924. The lowest BCUT2D eigenvalue weighted by Gasteiger charge is -2.34. The second-order valence-corrected chi connectivity index (χ2v) is 5.78. The summed E-state index contributed by atoms with van der Waals surface area (Å²) in [6.45, 7) is 8.58. The van der Waals surface area contributed by atoms with Crippen LogP contribution < -0.4 is 0 Å². The third-order valence-corrected chi connectivity index (χ3v) is 4.30. The third kappa shape index (κ3) is 5.57. The quantitative estimate of drug-likeness (QED) is 0.492. The van der Waals surface area contributed by atoms with Crippen LogP contribution in [0.1, 0.15) is 65.2 Å². The number of allylic oxidation sites excluding steroid dienone is 3. The molecule has 0 aromatic carbocycles. The molecule has 98 valence electrons. The summed E-state index contributed by atoms with van der Waals surface area (Å²) in [5.41, 5.74) is 0. The van der Waals surface area contributed by atoms with Crippen molar-refractivity contribution in [3.63, 3.8) is 0 Å². The van der Waals surface area contributed by atoms with E-state index in [-0.39, 0.29) is 0 Å². The molecule has 0 aromatic heterocycles. The van der Waals surface area contributed by atoms with Crippen molar-refractivity contribution in [2.45, 2.75) is 65.2 Å². The van der Waals surface area contributed by atoms with Gasteiger partial charge in [-0.05, 0) is 56.3 Å². The van der Waals surface area contributed by atoms with Gasteiger partial charge in [0.2, 0.25) is 0 Å². The Morgan fingerprint density at radius 2 is 1.94 bits per heavy atom. The first-order valence-electron chi connectivity index (χ1n) is 7.53. The molecule has 0 N–H and O–H groups in total. The van der Waals surface area contributed by atoms with Crippen LogP contribution in [0.25, 0.3) is 0 Å². The molecule has 1 rings (SSSR count). The fourth-order valence-corrected chi connectivity index (χ4v) is 3.08. The first-order valence-corrected chi connectivity index (χ1v) is 7.53. The highest BCUT2D eigenvalue weighted by atomic mass is 14.3. The molecule has 0 bridgehead atoms. The molecule has 0 heteroatoms. The van der Waals surface area contributed by atoms with Gasteiger partial charge in [0.05, 0.1) is 0 Å². The van der Waals surface area contributed by atoms with Gasteiger partial charge in [-0.15, -0.1) is 6.58 Å². The minimum absolute atomic E-state index is 0.924. The molecule has 1 saturated carbocycles. The number of hydrogen-bond donors (Lipinski definition) is 0. The van der Waals surface area contributed by atoms with Crippen molar-refractivity contribution in [1.82, 2.24) is 0 Å². The topological polar surface area (TPSA) is 0 Å². The lowest BCUT2D eigenvalue weighted by Crippen LogP contribution is -2.22. The zero-order chi connectivity index (χ0) is 12.5. The van der Waals surface area contributed by atoms with E-state index in [1.807, 2.05) is 0 Å². The van der Waals surface area contributed by atoms with Gasteiger partial charge in [0, 0.05) is 0 Å². The van der Waals surface area contributed by atoms with E-state index >= 15 is 0 Å². The molecule has 0 saturated heterocycles. The van der Waals surface area contributed by atoms with Crippen LogP contribution in [0.4, 0.5) is 0 Å². The lowest BCUT2D eigenvalue weighted by atomic mass is 9.72. The summed E-state index contributed by atoms with van der Waals surface area (Å²) in [5, 5.41) is 0. The van der Waals surface area contributed by atoms with Crippen LogP contribution in [-0.4, -0.2) is 0 Å². The van der Waals surface area contributed by atoms with E-state index in [0.29, 0.717) is 0 Å². The fourth-order valence-electron chi connectivity index (χ4n) is 3.08. The van der Waals surface area contributed by atoms with Crippen LogP contribution in [0.15, 0.2) is 24.8 Å². The summed E-state index contributed by atoms with van der Waals surface area (Å²) in [6.07, 6.45) is 17.6. The molecule has 0 aromatic rings. The van der Waals surface area contributed by atoms with Crippen molar-refractivity contribution in [3.8, 4) is 0 Å². The summed E-state index contributed by atoms with van der Waals surface area (Å²) in [6, 6.07) is 0. The van der Waals surface area contributed by atoms with E-state index in [2.05, 4.69) is 38.7 Å². The molecule has 0 heterocycles. The summed E-state index contributed by atoms with van der Waals surface area (Å²) in [4.78, 5) is 0. The zero-order valence-corrected chi connectivity index (χ0v) is 11.8. The molecule has 0 aliphatic heterocycles. The van der Waals surface area contributed by atoms with Gasteiger partial charge in [0.1, 0.15) is 0 Å². The number of unbranched alkanes of at least 4 members (excludes halogenated alkanes) is 1. The Morgan fingerprint density at radius 1 is 1.18 bits per heavy atom. The minimum Gasteiger partial charge on any atom is -0.103 e. The monoisotopic (exact) mass is 234 g/mol. The predicted octanol–water partition coefficient (Wildman–Crippen LogP) is 5.75. The van der Waals surface area contributed by atoms with E-state index < -0.39 is 0 Å². The van der Waals surface area contributed by atoms with Gasteiger partial charge in [0.15, 0.2) is 0 Å². The number of rotatable bonds is 7. The summed E-state index contributed by atoms with van der Waals surface area (Å²) < 4.78 is 0. The molecular formula is C17H30. The maximum absolute atomic E-state index is 3.88. The number of hydrogen-bond acceptors (Lipinski definition) is 0. The van der Waals surface area contributed by atoms with E-state index in [1.165, 1.54) is 51.4 Å². The molecule has 1 aliphatic rings. The predicted molar refractivity (Wildman–Crippen MR) is 78.1 cm³/mol. The van der Waals surface area contributed by atoms with Crippen molar-refractivity contribution < 1.29 is 0 Å². The Bertz CT molecular complexity index is 226. The Morgan fingerprint density at radius 3 is 2.65 bits per heavy atom. The standard InChI is InChI=1S/C17H30/c1-4-6-7-8-9-11-17-14-16(10-5-2)13-12-15(17)3/h5,7-8,15-17H,2,4,6,9-14H2,1,3H3/b8-7-. The van der Waals surface area contributed by atoms with Crippen molar-refractivity contribution >= 4 is 0 Å². The second-order valence-electron chi connectivity index (χ2n) is 5.78. The van der Waals surface area contributed by atoms with E-state index in [4.69, 9.17) is 0 Å². The first-order chi connectivity index (χ1) is 8.27. The molecule has 3 atom stereocenters. The smallest absolute Gasteiger partial charge is 0.0325 e. The van der Waals surface area contributed by atoms with Gasteiger partial charge in [-0.1, -0.05) is 44.9 Å². The highest BCUT2D eigenvalue weighted by molar-refractivity contribution is 4.86. The maximum Gasteiger partial charge on any atom is -0.0325 e. The van der Waals surface area contributed by atoms with Crippen LogP contribution in [0, 0.1) is 17.8 Å². The van der Waals surface area contributed by atoms with Crippen molar-refractivity contribution in [2.75, 3.05) is 0 Å². The zero-order valence-electron chi connectivity index (χ0n) is 11.8. The first kappa shape index (κ1) is 14.5. The SMILES string of the molecule is C=CCC1CCC(C)C(CC/C=C\CCC)C1. The summed E-state index contributed by atoms with van der Waals surface area (Å²) in [7, 11) is 0. The third-order valence-electron chi connectivity index (χ3n) is 4.30. The van der Waals surface area contributed by atoms with Crippen LogP contribution in [0.5, 0.6) is 0 Å². The molecule has 1 fully saturated rings. The van der Waals surface area contributed by atoms with Crippen LogP contribution in [0.3, 0.4) is 0 Å². The molecule has 0 amide bonds. The van der Waals surface area contributed by atoms with Crippen molar-refractivity contribution in [1.29, 1.82) is 0 Å². The van der Waals surface area contributed by atoms with E-state index in [1.54, 1.807) is 0 Å². The van der Waals surface area contributed by atoms with Gasteiger partial charge in [-0.25, -0.2) is 0 Å². The Labute approximate surface area is 108 Å². The average Bonchev–Trinajstić information content (AvgIpc) is 2.33. The molecule has 17 heavy (non-hydrogen) atoms. The van der Waals surface area contributed by atoms with Gasteiger partial charge in [-0.2, -0.15) is 0 Å². The van der Waals surface area contributed by atoms with E-state index in [0.717, 1.165) is 17.8 Å². The van der Waals surface area contributed by atoms with Gasteiger partial charge < -0.3 is 0 Å². The van der Waals surface area contributed by atoms with Gasteiger partial charge in [0.25, 0.3) is 0 Å². The van der Waals surface area contributed by atoms with Crippen molar-refractivity contribution in [2.24, 2.45) is 17.8 Å². The lowest BCUT2D eigenvalue weighted by molar-refractivity contribution is 0.185. The van der Waals surface area contributed by atoms with Crippen molar-refractivity contribution in [3.05, 3.63) is 24.8 Å². The molecular weight excluding hydrogens is 204 g/mol. The second kappa shape index (κ2) is 8.55. The fraction of sp³-hybridized carbons (Fsp3) is 0.765. The van der Waals surface area contributed by atoms with Gasteiger partial charge in [-0.3, -0.25) is 0 Å². The Kier molecular flexibility index (Phi) is 7.32. The highest BCUT2D eigenvalue weighted by Crippen LogP contribution is 2.37.